The molecule has 1 aliphatic rings. The Hall–Kier alpha value is -2.86. The molecule has 0 aromatic heterocycles. The number of ether oxygens (including phenoxy) is 2. The van der Waals surface area contributed by atoms with Crippen molar-refractivity contribution in [2.75, 3.05) is 33.4 Å². The lowest BCUT2D eigenvalue weighted by atomic mass is 9.88. The molecule has 2 aromatic carbocycles. The third-order valence-electron chi connectivity index (χ3n) is 5.30. The van der Waals surface area contributed by atoms with E-state index in [1.54, 1.807) is 31.4 Å². The van der Waals surface area contributed by atoms with E-state index in [1.807, 2.05) is 29.2 Å². The zero-order valence-electron chi connectivity index (χ0n) is 16.7. The number of piperidine rings is 1. The fourth-order valence-corrected chi connectivity index (χ4v) is 3.70. The Balaban J connectivity index is 1.56. The van der Waals surface area contributed by atoms with Gasteiger partial charge in [0.1, 0.15) is 12.4 Å². The smallest absolute Gasteiger partial charge is 0.335 e. The molecule has 0 bridgehead atoms. The first-order chi connectivity index (χ1) is 14.1. The van der Waals surface area contributed by atoms with Crippen LogP contribution in [0.1, 0.15) is 39.1 Å². The summed E-state index contributed by atoms with van der Waals surface area (Å²) in [6, 6.07) is 14.4. The summed E-state index contributed by atoms with van der Waals surface area (Å²) in [5.41, 5.74) is 1.86. The number of amides is 1. The predicted octanol–water partition coefficient (Wildman–Crippen LogP) is 3.50. The number of rotatable bonds is 8. The van der Waals surface area contributed by atoms with Crippen LogP contribution in [0.3, 0.4) is 0 Å². The summed E-state index contributed by atoms with van der Waals surface area (Å²) in [5.74, 6) is 0.156. The summed E-state index contributed by atoms with van der Waals surface area (Å²) in [4.78, 5) is 26.1. The summed E-state index contributed by atoms with van der Waals surface area (Å²) in [7, 11) is 1.62. The third kappa shape index (κ3) is 5.57. The van der Waals surface area contributed by atoms with Crippen molar-refractivity contribution in [1.29, 1.82) is 0 Å². The van der Waals surface area contributed by atoms with Crippen molar-refractivity contribution in [3.05, 3.63) is 65.2 Å². The first-order valence-electron chi connectivity index (χ1n) is 9.90. The average molecular weight is 397 g/mol. The highest BCUT2D eigenvalue weighted by Gasteiger charge is 2.25. The number of carboxylic acid groups (broad SMARTS) is 1. The maximum atomic E-state index is 12.9. The Labute approximate surface area is 171 Å². The zero-order valence-corrected chi connectivity index (χ0v) is 16.7. The van der Waals surface area contributed by atoms with Gasteiger partial charge in [-0.2, -0.15) is 0 Å². The van der Waals surface area contributed by atoms with Gasteiger partial charge in [0, 0.05) is 25.8 Å². The van der Waals surface area contributed by atoms with E-state index in [1.165, 1.54) is 0 Å². The van der Waals surface area contributed by atoms with E-state index in [9.17, 15) is 14.7 Å². The maximum Gasteiger partial charge on any atom is 0.335 e. The van der Waals surface area contributed by atoms with Gasteiger partial charge in [-0.3, -0.25) is 4.79 Å². The first kappa shape index (κ1) is 20.9. The first-order valence-corrected chi connectivity index (χ1v) is 9.90. The van der Waals surface area contributed by atoms with Crippen LogP contribution < -0.4 is 4.74 Å². The molecule has 1 heterocycles. The van der Waals surface area contributed by atoms with Crippen LogP contribution in [0.15, 0.2) is 48.5 Å². The molecule has 0 saturated carbocycles. The fraction of sp³-hybridized carbons (Fsp3) is 0.391. The van der Waals surface area contributed by atoms with Gasteiger partial charge in [0.15, 0.2) is 0 Å². The number of carbonyl (C=O) groups is 2. The minimum absolute atomic E-state index is 0.00609. The van der Waals surface area contributed by atoms with Crippen molar-refractivity contribution < 1.29 is 24.2 Å². The van der Waals surface area contributed by atoms with Crippen LogP contribution >= 0.6 is 0 Å². The van der Waals surface area contributed by atoms with Gasteiger partial charge in [-0.1, -0.05) is 24.3 Å². The van der Waals surface area contributed by atoms with Crippen molar-refractivity contribution >= 4 is 11.9 Å². The Bertz CT molecular complexity index is 843. The number of likely N-dealkylation sites (tertiary alicyclic amines) is 1. The normalized spacial score (nSPS) is 14.6. The second kappa shape index (κ2) is 10.1. The lowest BCUT2D eigenvalue weighted by Gasteiger charge is -2.32. The summed E-state index contributed by atoms with van der Waals surface area (Å²) < 4.78 is 10.6. The van der Waals surface area contributed by atoms with Crippen LogP contribution in [0.4, 0.5) is 0 Å². The predicted molar refractivity (Wildman–Crippen MR) is 110 cm³/mol. The summed E-state index contributed by atoms with van der Waals surface area (Å²) in [5, 5.41) is 9.36. The second-order valence-corrected chi connectivity index (χ2v) is 7.27. The second-order valence-electron chi connectivity index (χ2n) is 7.27. The van der Waals surface area contributed by atoms with Crippen LogP contribution in [-0.2, 0) is 11.2 Å². The van der Waals surface area contributed by atoms with Crippen molar-refractivity contribution in [2.45, 2.75) is 19.3 Å². The fourth-order valence-electron chi connectivity index (χ4n) is 3.70. The third-order valence-corrected chi connectivity index (χ3v) is 5.30. The molecular formula is C23H27NO5. The molecule has 6 nitrogen and oxygen atoms in total. The van der Waals surface area contributed by atoms with E-state index in [2.05, 4.69) is 0 Å². The minimum atomic E-state index is -0.888. The van der Waals surface area contributed by atoms with Crippen LogP contribution in [0.2, 0.25) is 0 Å². The average Bonchev–Trinajstić information content (AvgIpc) is 2.74. The van der Waals surface area contributed by atoms with Gasteiger partial charge in [-0.05, 0) is 55.0 Å². The molecule has 0 radical (unpaired) electrons. The number of aromatic carboxylic acids is 1. The van der Waals surface area contributed by atoms with Crippen molar-refractivity contribution in [2.24, 2.45) is 5.92 Å². The van der Waals surface area contributed by atoms with Crippen LogP contribution in [0.25, 0.3) is 0 Å². The van der Waals surface area contributed by atoms with Crippen molar-refractivity contribution in [1.82, 2.24) is 4.90 Å². The standard InChI is InChI=1S/C23H27NO5/c1-28-13-14-29-20-7-4-6-19(16-20)22(25)24-11-9-17(10-12-24)15-18-5-2-3-8-21(18)23(26)27/h2-8,16-17H,9-15H2,1H3,(H,26,27). The van der Waals surface area contributed by atoms with Gasteiger partial charge in [0.05, 0.1) is 12.2 Å². The molecule has 2 aromatic rings. The highest BCUT2D eigenvalue weighted by molar-refractivity contribution is 5.94. The van der Waals surface area contributed by atoms with E-state index >= 15 is 0 Å². The van der Waals surface area contributed by atoms with E-state index in [-0.39, 0.29) is 5.91 Å². The van der Waals surface area contributed by atoms with E-state index in [0.717, 1.165) is 24.8 Å². The summed E-state index contributed by atoms with van der Waals surface area (Å²) in [6.07, 6.45) is 2.46. The number of carboxylic acids is 1. The molecule has 0 aliphatic carbocycles. The van der Waals surface area contributed by atoms with Gasteiger partial charge < -0.3 is 19.5 Å². The molecule has 6 heteroatoms. The largest absolute Gasteiger partial charge is 0.491 e. The number of nitrogens with zero attached hydrogens (tertiary/aromatic N) is 1. The molecular weight excluding hydrogens is 370 g/mol. The number of benzene rings is 2. The quantitative estimate of drug-likeness (QED) is 0.690. The molecule has 29 heavy (non-hydrogen) atoms. The Morgan fingerprint density at radius 3 is 2.55 bits per heavy atom. The van der Waals surface area contributed by atoms with E-state index in [0.29, 0.717) is 49.1 Å². The lowest BCUT2D eigenvalue weighted by molar-refractivity contribution is 0.0690. The Kier molecular flexibility index (Phi) is 7.25. The molecule has 1 fully saturated rings. The van der Waals surface area contributed by atoms with Crippen LogP contribution in [0.5, 0.6) is 5.75 Å². The van der Waals surface area contributed by atoms with Crippen molar-refractivity contribution in [3.8, 4) is 5.75 Å². The topological polar surface area (TPSA) is 76.1 Å². The molecule has 1 saturated heterocycles. The molecule has 0 spiro atoms. The number of hydrogen-bond acceptors (Lipinski definition) is 4. The number of carbonyl (C=O) groups excluding carboxylic acids is 1. The van der Waals surface area contributed by atoms with E-state index < -0.39 is 5.97 Å². The monoisotopic (exact) mass is 397 g/mol. The SMILES string of the molecule is COCCOc1cccc(C(=O)N2CCC(Cc3ccccc3C(=O)O)CC2)c1. The number of methoxy groups -OCH3 is 1. The molecule has 0 atom stereocenters. The van der Waals surface area contributed by atoms with Gasteiger partial charge in [-0.25, -0.2) is 4.79 Å². The van der Waals surface area contributed by atoms with E-state index in [4.69, 9.17) is 9.47 Å². The molecule has 1 aliphatic heterocycles. The number of hydrogen-bond donors (Lipinski definition) is 1. The van der Waals surface area contributed by atoms with Crippen LogP contribution in [0, 0.1) is 5.92 Å². The zero-order chi connectivity index (χ0) is 20.6. The van der Waals surface area contributed by atoms with Gasteiger partial charge in [-0.15, -0.1) is 0 Å². The van der Waals surface area contributed by atoms with Crippen molar-refractivity contribution in [3.63, 3.8) is 0 Å². The Morgan fingerprint density at radius 1 is 1.07 bits per heavy atom. The highest BCUT2D eigenvalue weighted by Crippen LogP contribution is 2.25. The molecule has 3 rings (SSSR count). The lowest BCUT2D eigenvalue weighted by Crippen LogP contribution is -2.39. The highest BCUT2D eigenvalue weighted by atomic mass is 16.5. The minimum Gasteiger partial charge on any atom is -0.491 e. The molecule has 154 valence electrons. The van der Waals surface area contributed by atoms with Gasteiger partial charge in [0.2, 0.25) is 0 Å². The molecule has 0 unspecified atom stereocenters. The molecule has 1 amide bonds. The summed E-state index contributed by atoms with van der Waals surface area (Å²) >= 11 is 0. The molecule has 1 N–H and O–H groups in total. The van der Waals surface area contributed by atoms with Gasteiger partial charge >= 0.3 is 5.97 Å². The summed E-state index contributed by atoms with van der Waals surface area (Å²) in [6.45, 7) is 2.29. The Morgan fingerprint density at radius 2 is 1.83 bits per heavy atom. The van der Waals surface area contributed by atoms with Gasteiger partial charge in [0.25, 0.3) is 5.91 Å². The van der Waals surface area contributed by atoms with Crippen LogP contribution in [-0.4, -0.2) is 55.3 Å². The maximum absolute atomic E-state index is 12.9.